The lowest BCUT2D eigenvalue weighted by Gasteiger charge is -2.07. The van der Waals surface area contributed by atoms with Crippen molar-refractivity contribution in [3.63, 3.8) is 0 Å². The molecule has 0 amide bonds. The molecule has 0 atom stereocenters. The standard InChI is InChI=1S/C16H13NO3/c17-10-13-1-3-14(4-2-13)11-20-15-7-5-12(6-8-15)9-16(18)19/h1-8H,9,11H2,(H,18,19). The van der Waals surface area contributed by atoms with Crippen LogP contribution in [0.2, 0.25) is 0 Å². The van der Waals surface area contributed by atoms with Gasteiger partial charge in [-0.2, -0.15) is 5.26 Å². The SMILES string of the molecule is N#Cc1ccc(COc2ccc(CC(=O)O)cc2)cc1. The van der Waals surface area contributed by atoms with Crippen molar-refractivity contribution >= 4 is 5.97 Å². The third kappa shape index (κ3) is 3.85. The minimum absolute atomic E-state index is 0.00982. The van der Waals surface area contributed by atoms with Gasteiger partial charge < -0.3 is 9.84 Å². The minimum Gasteiger partial charge on any atom is -0.489 e. The number of nitriles is 1. The zero-order valence-corrected chi connectivity index (χ0v) is 10.7. The Labute approximate surface area is 116 Å². The molecule has 20 heavy (non-hydrogen) atoms. The molecule has 4 nitrogen and oxygen atoms in total. The Morgan fingerprint density at radius 1 is 1.05 bits per heavy atom. The van der Waals surface area contributed by atoms with E-state index in [2.05, 4.69) is 6.07 Å². The van der Waals surface area contributed by atoms with E-state index in [-0.39, 0.29) is 6.42 Å². The van der Waals surface area contributed by atoms with Gasteiger partial charge >= 0.3 is 5.97 Å². The van der Waals surface area contributed by atoms with Crippen LogP contribution in [-0.2, 0) is 17.8 Å². The van der Waals surface area contributed by atoms with Crippen molar-refractivity contribution in [2.75, 3.05) is 0 Å². The van der Waals surface area contributed by atoms with Crippen LogP contribution in [0.15, 0.2) is 48.5 Å². The highest BCUT2D eigenvalue weighted by Gasteiger charge is 2.01. The van der Waals surface area contributed by atoms with Gasteiger partial charge in [0.05, 0.1) is 18.1 Å². The van der Waals surface area contributed by atoms with Crippen molar-refractivity contribution in [3.05, 3.63) is 65.2 Å². The second-order valence-corrected chi connectivity index (χ2v) is 4.31. The maximum atomic E-state index is 10.6. The highest BCUT2D eigenvalue weighted by atomic mass is 16.5. The van der Waals surface area contributed by atoms with Crippen LogP contribution < -0.4 is 4.74 Å². The Hall–Kier alpha value is -2.80. The predicted molar refractivity (Wildman–Crippen MR) is 73.3 cm³/mol. The third-order valence-electron chi connectivity index (χ3n) is 2.77. The molecule has 2 aromatic rings. The summed E-state index contributed by atoms with van der Waals surface area (Å²) >= 11 is 0. The first-order valence-corrected chi connectivity index (χ1v) is 6.10. The van der Waals surface area contributed by atoms with Crippen LogP contribution in [0.1, 0.15) is 16.7 Å². The van der Waals surface area contributed by atoms with E-state index in [0.29, 0.717) is 17.9 Å². The molecular weight excluding hydrogens is 254 g/mol. The Bertz CT molecular complexity index is 624. The lowest BCUT2D eigenvalue weighted by Crippen LogP contribution is -2.00. The molecule has 0 radical (unpaired) electrons. The second-order valence-electron chi connectivity index (χ2n) is 4.31. The van der Waals surface area contributed by atoms with E-state index in [0.717, 1.165) is 11.1 Å². The van der Waals surface area contributed by atoms with Crippen LogP contribution in [0.4, 0.5) is 0 Å². The van der Waals surface area contributed by atoms with Crippen LogP contribution in [0.5, 0.6) is 5.75 Å². The summed E-state index contributed by atoms with van der Waals surface area (Å²) in [6.07, 6.45) is 0.00982. The summed E-state index contributed by atoms with van der Waals surface area (Å²) in [4.78, 5) is 10.6. The molecule has 0 fully saturated rings. The Morgan fingerprint density at radius 3 is 2.20 bits per heavy atom. The lowest BCUT2D eigenvalue weighted by atomic mass is 10.1. The number of aliphatic carboxylic acids is 1. The molecule has 0 aliphatic carbocycles. The second kappa shape index (κ2) is 6.39. The number of ether oxygens (including phenoxy) is 1. The molecule has 2 aromatic carbocycles. The van der Waals surface area contributed by atoms with Crippen molar-refractivity contribution in [2.45, 2.75) is 13.0 Å². The number of benzene rings is 2. The molecule has 0 aliphatic heterocycles. The topological polar surface area (TPSA) is 70.3 Å². The van der Waals surface area contributed by atoms with Crippen molar-refractivity contribution < 1.29 is 14.6 Å². The lowest BCUT2D eigenvalue weighted by molar-refractivity contribution is -0.136. The molecule has 1 N–H and O–H groups in total. The molecule has 0 spiro atoms. The molecule has 0 unspecified atom stereocenters. The van der Waals surface area contributed by atoms with Gasteiger partial charge in [-0.25, -0.2) is 0 Å². The van der Waals surface area contributed by atoms with Crippen LogP contribution in [0.25, 0.3) is 0 Å². The summed E-state index contributed by atoms with van der Waals surface area (Å²) in [5.74, 6) is -0.167. The van der Waals surface area contributed by atoms with E-state index in [9.17, 15) is 4.79 Å². The first-order chi connectivity index (χ1) is 9.67. The Balaban J connectivity index is 1.93. The molecule has 0 aromatic heterocycles. The highest BCUT2D eigenvalue weighted by molar-refractivity contribution is 5.70. The number of hydrogen-bond donors (Lipinski definition) is 1. The molecule has 0 aliphatic rings. The zero-order valence-electron chi connectivity index (χ0n) is 10.7. The molecule has 0 bridgehead atoms. The maximum absolute atomic E-state index is 10.6. The molecule has 0 heterocycles. The number of carboxylic acids is 1. The number of carboxylic acid groups (broad SMARTS) is 1. The highest BCUT2D eigenvalue weighted by Crippen LogP contribution is 2.15. The van der Waals surface area contributed by atoms with Crippen molar-refractivity contribution in [1.82, 2.24) is 0 Å². The number of hydrogen-bond acceptors (Lipinski definition) is 3. The van der Waals surface area contributed by atoms with Gasteiger partial charge in [0.15, 0.2) is 0 Å². The molecule has 100 valence electrons. The van der Waals surface area contributed by atoms with Crippen LogP contribution in [0.3, 0.4) is 0 Å². The van der Waals surface area contributed by atoms with E-state index >= 15 is 0 Å². The van der Waals surface area contributed by atoms with Gasteiger partial charge in [0.1, 0.15) is 12.4 Å². The molecule has 0 saturated carbocycles. The predicted octanol–water partition coefficient (Wildman–Crippen LogP) is 2.76. The summed E-state index contributed by atoms with van der Waals surface area (Å²) in [6.45, 7) is 0.407. The van der Waals surface area contributed by atoms with E-state index in [4.69, 9.17) is 15.1 Å². The first kappa shape index (κ1) is 13.6. The van der Waals surface area contributed by atoms with Crippen molar-refractivity contribution in [1.29, 1.82) is 5.26 Å². The van der Waals surface area contributed by atoms with Gasteiger partial charge in [-0.3, -0.25) is 4.79 Å². The van der Waals surface area contributed by atoms with E-state index in [1.165, 1.54) is 0 Å². The normalized spacial score (nSPS) is 9.75. The van der Waals surface area contributed by atoms with Crippen molar-refractivity contribution in [2.24, 2.45) is 0 Å². The van der Waals surface area contributed by atoms with Crippen LogP contribution >= 0.6 is 0 Å². The van der Waals surface area contributed by atoms with Crippen LogP contribution in [0, 0.1) is 11.3 Å². The molecule has 2 rings (SSSR count). The smallest absolute Gasteiger partial charge is 0.307 e. The minimum atomic E-state index is -0.851. The van der Waals surface area contributed by atoms with Crippen molar-refractivity contribution in [3.8, 4) is 11.8 Å². The maximum Gasteiger partial charge on any atom is 0.307 e. The number of nitrogens with zero attached hydrogens (tertiary/aromatic N) is 1. The van der Waals surface area contributed by atoms with Gasteiger partial charge in [0.25, 0.3) is 0 Å². The quantitative estimate of drug-likeness (QED) is 0.904. The van der Waals surface area contributed by atoms with E-state index in [1.54, 1.807) is 36.4 Å². The third-order valence-corrected chi connectivity index (χ3v) is 2.77. The van der Waals surface area contributed by atoms with Gasteiger partial charge in [-0.1, -0.05) is 24.3 Å². The Kier molecular flexibility index (Phi) is 4.35. The van der Waals surface area contributed by atoms with Crippen LogP contribution in [-0.4, -0.2) is 11.1 Å². The van der Waals surface area contributed by atoms with Gasteiger partial charge in [-0.05, 0) is 35.4 Å². The summed E-state index contributed by atoms with van der Waals surface area (Å²) in [6, 6.07) is 16.2. The molecule has 4 heteroatoms. The Morgan fingerprint density at radius 2 is 1.65 bits per heavy atom. The number of carbonyl (C=O) groups is 1. The first-order valence-electron chi connectivity index (χ1n) is 6.10. The zero-order chi connectivity index (χ0) is 14.4. The summed E-state index contributed by atoms with van der Waals surface area (Å²) in [7, 11) is 0. The fraction of sp³-hybridized carbons (Fsp3) is 0.125. The van der Waals surface area contributed by atoms with Gasteiger partial charge in [0, 0.05) is 0 Å². The van der Waals surface area contributed by atoms with Gasteiger partial charge in [0.2, 0.25) is 0 Å². The largest absolute Gasteiger partial charge is 0.489 e. The monoisotopic (exact) mass is 267 g/mol. The van der Waals surface area contributed by atoms with Gasteiger partial charge in [-0.15, -0.1) is 0 Å². The average Bonchev–Trinajstić information content (AvgIpc) is 2.46. The van der Waals surface area contributed by atoms with E-state index < -0.39 is 5.97 Å². The summed E-state index contributed by atoms with van der Waals surface area (Å²) in [5, 5.41) is 17.4. The fourth-order valence-electron chi connectivity index (χ4n) is 1.72. The fourth-order valence-corrected chi connectivity index (χ4v) is 1.72. The average molecular weight is 267 g/mol. The number of rotatable bonds is 5. The molecular formula is C16H13NO3. The molecule has 0 saturated heterocycles. The summed E-state index contributed by atoms with van der Waals surface area (Å²) < 4.78 is 5.60. The van der Waals surface area contributed by atoms with E-state index in [1.807, 2.05) is 12.1 Å². The summed E-state index contributed by atoms with van der Waals surface area (Å²) in [5.41, 5.74) is 2.33.